The Morgan fingerprint density at radius 1 is 1.22 bits per heavy atom. The Morgan fingerprint density at radius 3 is 2.89 bits per heavy atom. The molecular formula is C20H29N5O2. The number of aromatic nitrogens is 2. The van der Waals surface area contributed by atoms with Gasteiger partial charge in [0.05, 0.1) is 12.8 Å². The standard InChI is InChI=1S/C20H29N5O2/c1-27-17-8-6-16(7-9-17)18-15-19(24-23-18)22-20(26)5-2-3-12-25-13-4-10-21-11-14-25/h6-9,15,21H,2-5,10-14H2,1H3,(H2,22,23,24,26). The Hall–Kier alpha value is -2.38. The molecule has 1 amide bonds. The average Bonchev–Trinajstić information content (AvgIpc) is 2.99. The molecule has 7 heteroatoms. The van der Waals surface area contributed by atoms with E-state index in [2.05, 4.69) is 25.7 Å². The molecule has 7 nitrogen and oxygen atoms in total. The SMILES string of the molecule is COc1ccc(-c2cc(NC(=O)CCCCN3CCCNCC3)[nH]n2)cc1. The van der Waals surface area contributed by atoms with Gasteiger partial charge in [0.15, 0.2) is 0 Å². The highest BCUT2D eigenvalue weighted by Crippen LogP contribution is 2.22. The summed E-state index contributed by atoms with van der Waals surface area (Å²) >= 11 is 0. The van der Waals surface area contributed by atoms with Crippen molar-refractivity contribution in [1.82, 2.24) is 20.4 Å². The maximum Gasteiger partial charge on any atom is 0.225 e. The minimum Gasteiger partial charge on any atom is -0.497 e. The van der Waals surface area contributed by atoms with E-state index in [0.717, 1.165) is 62.6 Å². The largest absolute Gasteiger partial charge is 0.497 e. The summed E-state index contributed by atoms with van der Waals surface area (Å²) in [4.78, 5) is 14.6. The van der Waals surface area contributed by atoms with Gasteiger partial charge in [-0.2, -0.15) is 5.10 Å². The van der Waals surface area contributed by atoms with Crippen molar-refractivity contribution in [2.75, 3.05) is 45.2 Å². The van der Waals surface area contributed by atoms with Gasteiger partial charge in [0.1, 0.15) is 11.6 Å². The molecule has 1 aromatic carbocycles. The molecular weight excluding hydrogens is 342 g/mol. The Bertz CT molecular complexity index is 705. The molecule has 0 bridgehead atoms. The van der Waals surface area contributed by atoms with Gasteiger partial charge in [0.25, 0.3) is 0 Å². The maximum absolute atomic E-state index is 12.1. The van der Waals surface area contributed by atoms with Crippen LogP contribution in [0, 0.1) is 0 Å². The Balaban J connectivity index is 1.39. The molecule has 0 saturated carbocycles. The molecule has 2 heterocycles. The number of nitrogens with one attached hydrogen (secondary N) is 3. The summed E-state index contributed by atoms with van der Waals surface area (Å²) in [5.41, 5.74) is 1.77. The highest BCUT2D eigenvalue weighted by Gasteiger charge is 2.10. The minimum absolute atomic E-state index is 0.0254. The highest BCUT2D eigenvalue weighted by atomic mass is 16.5. The second-order valence-corrected chi connectivity index (χ2v) is 6.85. The van der Waals surface area contributed by atoms with E-state index in [-0.39, 0.29) is 5.91 Å². The number of amides is 1. The predicted octanol–water partition coefficient (Wildman–Crippen LogP) is 2.49. The van der Waals surface area contributed by atoms with Crippen LogP contribution in [0.5, 0.6) is 5.75 Å². The number of carbonyl (C=O) groups excluding carboxylic acids is 1. The van der Waals surface area contributed by atoms with Crippen LogP contribution in [0.1, 0.15) is 25.7 Å². The average molecular weight is 371 g/mol. The molecule has 1 saturated heterocycles. The van der Waals surface area contributed by atoms with Crippen molar-refractivity contribution in [1.29, 1.82) is 0 Å². The number of H-pyrrole nitrogens is 1. The Kier molecular flexibility index (Phi) is 7.24. The van der Waals surface area contributed by atoms with Crippen molar-refractivity contribution in [2.24, 2.45) is 0 Å². The number of carbonyl (C=O) groups is 1. The molecule has 1 fully saturated rings. The third kappa shape index (κ3) is 6.08. The van der Waals surface area contributed by atoms with E-state index >= 15 is 0 Å². The number of nitrogens with zero attached hydrogens (tertiary/aromatic N) is 2. The van der Waals surface area contributed by atoms with Gasteiger partial charge >= 0.3 is 0 Å². The van der Waals surface area contributed by atoms with Crippen LogP contribution < -0.4 is 15.4 Å². The second kappa shape index (κ2) is 10.1. The predicted molar refractivity (Wildman–Crippen MR) is 107 cm³/mol. The van der Waals surface area contributed by atoms with Gasteiger partial charge in [-0.15, -0.1) is 0 Å². The molecule has 3 rings (SSSR count). The number of aromatic amines is 1. The van der Waals surface area contributed by atoms with Gasteiger partial charge in [-0.1, -0.05) is 0 Å². The first kappa shape index (κ1) is 19.4. The first-order chi connectivity index (χ1) is 13.2. The van der Waals surface area contributed by atoms with Crippen LogP contribution in [0.15, 0.2) is 30.3 Å². The fourth-order valence-corrected chi connectivity index (χ4v) is 3.25. The highest BCUT2D eigenvalue weighted by molar-refractivity contribution is 5.90. The van der Waals surface area contributed by atoms with Crippen molar-refractivity contribution >= 4 is 11.7 Å². The maximum atomic E-state index is 12.1. The normalized spacial score (nSPS) is 15.3. The number of methoxy groups -OCH3 is 1. The van der Waals surface area contributed by atoms with Crippen LogP contribution in [0.4, 0.5) is 5.82 Å². The molecule has 0 radical (unpaired) electrons. The van der Waals surface area contributed by atoms with E-state index in [1.54, 1.807) is 7.11 Å². The van der Waals surface area contributed by atoms with Gasteiger partial charge < -0.3 is 20.3 Å². The third-order valence-electron chi connectivity index (χ3n) is 4.80. The van der Waals surface area contributed by atoms with E-state index < -0.39 is 0 Å². The van der Waals surface area contributed by atoms with Gasteiger partial charge in [-0.05, 0) is 63.2 Å². The van der Waals surface area contributed by atoms with Crippen LogP contribution in [0.25, 0.3) is 11.3 Å². The number of hydrogen-bond donors (Lipinski definition) is 3. The van der Waals surface area contributed by atoms with Crippen LogP contribution >= 0.6 is 0 Å². The number of anilines is 1. The minimum atomic E-state index is 0.0254. The lowest BCUT2D eigenvalue weighted by atomic mass is 10.1. The quantitative estimate of drug-likeness (QED) is 0.621. The molecule has 1 aliphatic heterocycles. The molecule has 1 aliphatic rings. The summed E-state index contributed by atoms with van der Waals surface area (Å²) in [7, 11) is 1.64. The zero-order chi connectivity index (χ0) is 18.9. The van der Waals surface area contributed by atoms with Crippen molar-refractivity contribution < 1.29 is 9.53 Å². The lowest BCUT2D eigenvalue weighted by Gasteiger charge is -2.18. The molecule has 0 atom stereocenters. The third-order valence-corrected chi connectivity index (χ3v) is 4.80. The zero-order valence-corrected chi connectivity index (χ0v) is 16.0. The van der Waals surface area contributed by atoms with Crippen molar-refractivity contribution in [3.63, 3.8) is 0 Å². The Morgan fingerprint density at radius 2 is 2.07 bits per heavy atom. The summed E-state index contributed by atoms with van der Waals surface area (Å²) in [6, 6.07) is 9.52. The van der Waals surface area contributed by atoms with Crippen LogP contribution in [0.2, 0.25) is 0 Å². The van der Waals surface area contributed by atoms with E-state index in [9.17, 15) is 4.79 Å². The summed E-state index contributed by atoms with van der Waals surface area (Å²) in [5, 5.41) is 13.5. The zero-order valence-electron chi connectivity index (χ0n) is 16.0. The number of ether oxygens (including phenoxy) is 1. The lowest BCUT2D eigenvalue weighted by molar-refractivity contribution is -0.116. The fraction of sp³-hybridized carbons (Fsp3) is 0.500. The van der Waals surface area contributed by atoms with Crippen LogP contribution in [-0.2, 0) is 4.79 Å². The molecule has 3 N–H and O–H groups in total. The molecule has 2 aromatic rings. The number of benzene rings is 1. The molecule has 27 heavy (non-hydrogen) atoms. The van der Waals surface area contributed by atoms with Gasteiger partial charge in [-0.25, -0.2) is 0 Å². The van der Waals surface area contributed by atoms with Crippen molar-refractivity contribution in [3.05, 3.63) is 30.3 Å². The lowest BCUT2D eigenvalue weighted by Crippen LogP contribution is -2.29. The van der Waals surface area contributed by atoms with E-state index in [1.807, 2.05) is 30.3 Å². The van der Waals surface area contributed by atoms with Crippen molar-refractivity contribution in [2.45, 2.75) is 25.7 Å². The Labute approximate surface area is 160 Å². The van der Waals surface area contributed by atoms with Crippen LogP contribution in [0.3, 0.4) is 0 Å². The molecule has 0 aliphatic carbocycles. The first-order valence-electron chi connectivity index (χ1n) is 9.67. The van der Waals surface area contributed by atoms with E-state index in [4.69, 9.17) is 4.74 Å². The number of hydrogen-bond acceptors (Lipinski definition) is 5. The summed E-state index contributed by atoms with van der Waals surface area (Å²) in [6.45, 7) is 5.51. The summed E-state index contributed by atoms with van der Waals surface area (Å²) < 4.78 is 5.16. The van der Waals surface area contributed by atoms with Crippen molar-refractivity contribution in [3.8, 4) is 17.0 Å². The second-order valence-electron chi connectivity index (χ2n) is 6.85. The van der Waals surface area contributed by atoms with E-state index in [1.165, 1.54) is 6.42 Å². The topological polar surface area (TPSA) is 82.3 Å². The summed E-state index contributed by atoms with van der Waals surface area (Å²) in [5.74, 6) is 1.46. The first-order valence-corrected chi connectivity index (χ1v) is 9.67. The molecule has 1 aromatic heterocycles. The molecule has 146 valence electrons. The molecule has 0 spiro atoms. The summed E-state index contributed by atoms with van der Waals surface area (Å²) in [6.07, 6.45) is 3.68. The number of rotatable bonds is 8. The number of unbranched alkanes of at least 4 members (excludes halogenated alkanes) is 1. The fourth-order valence-electron chi connectivity index (χ4n) is 3.25. The molecule has 0 unspecified atom stereocenters. The van der Waals surface area contributed by atoms with Gasteiger partial charge in [0.2, 0.25) is 5.91 Å². The van der Waals surface area contributed by atoms with Gasteiger partial charge in [-0.3, -0.25) is 9.89 Å². The smallest absolute Gasteiger partial charge is 0.225 e. The van der Waals surface area contributed by atoms with Crippen LogP contribution in [-0.4, -0.2) is 60.8 Å². The van der Waals surface area contributed by atoms with Gasteiger partial charge in [0, 0.05) is 31.1 Å². The monoisotopic (exact) mass is 371 g/mol. The van der Waals surface area contributed by atoms with E-state index in [0.29, 0.717) is 12.2 Å².